The Morgan fingerprint density at radius 2 is 2.44 bits per heavy atom. The average Bonchev–Trinajstić information content (AvgIpc) is 2.33. The fraction of sp³-hybridized carbons (Fsp3) is 0.143. The van der Waals surface area contributed by atoms with Crippen LogP contribution in [0.15, 0.2) is 23.3 Å². The summed E-state index contributed by atoms with van der Waals surface area (Å²) in [5.41, 5.74) is 2.26. The third-order valence-corrected chi connectivity index (χ3v) is 1.40. The van der Waals surface area contributed by atoms with Gasteiger partial charge in [-0.3, -0.25) is 9.98 Å². The molecule has 1 aliphatic heterocycles. The Hall–Kier alpha value is -1.18. The van der Waals surface area contributed by atoms with E-state index in [1.165, 1.54) is 0 Å². The van der Waals surface area contributed by atoms with Crippen molar-refractivity contribution in [1.82, 2.24) is 4.98 Å². The molecule has 1 aliphatic rings. The minimum atomic E-state index is 0.760. The maximum Gasteiger partial charge on any atom is 0.0818 e. The summed E-state index contributed by atoms with van der Waals surface area (Å²) >= 11 is 0. The van der Waals surface area contributed by atoms with Crippen LogP contribution < -0.4 is 0 Å². The third-order valence-electron chi connectivity index (χ3n) is 1.40. The van der Waals surface area contributed by atoms with Crippen LogP contribution in [0.4, 0.5) is 0 Å². The van der Waals surface area contributed by atoms with E-state index in [1.807, 2.05) is 18.3 Å². The minimum absolute atomic E-state index is 0.760. The molecule has 0 atom stereocenters. The number of rotatable bonds is 0. The van der Waals surface area contributed by atoms with Crippen LogP contribution in [0.1, 0.15) is 11.3 Å². The Morgan fingerprint density at radius 3 is 3.33 bits per heavy atom. The van der Waals surface area contributed by atoms with Gasteiger partial charge in [0.1, 0.15) is 0 Å². The SMILES string of the molecule is C1=NCc2ncccc21. The van der Waals surface area contributed by atoms with Crippen molar-refractivity contribution in [3.8, 4) is 0 Å². The summed E-state index contributed by atoms with van der Waals surface area (Å²) in [5.74, 6) is 0. The minimum Gasteiger partial charge on any atom is -0.286 e. The van der Waals surface area contributed by atoms with Gasteiger partial charge in [-0.1, -0.05) is 6.07 Å². The van der Waals surface area contributed by atoms with E-state index >= 15 is 0 Å². The number of hydrogen-bond donors (Lipinski definition) is 0. The lowest BCUT2D eigenvalue weighted by molar-refractivity contribution is 1.02. The van der Waals surface area contributed by atoms with Gasteiger partial charge in [0, 0.05) is 18.0 Å². The van der Waals surface area contributed by atoms with E-state index in [9.17, 15) is 0 Å². The Kier molecular flexibility index (Phi) is 0.859. The van der Waals surface area contributed by atoms with Gasteiger partial charge in [0.15, 0.2) is 0 Å². The third kappa shape index (κ3) is 0.633. The van der Waals surface area contributed by atoms with Crippen LogP contribution in [-0.2, 0) is 6.54 Å². The molecule has 0 fully saturated rings. The summed E-state index contributed by atoms with van der Waals surface area (Å²) in [5, 5.41) is 0. The van der Waals surface area contributed by atoms with Gasteiger partial charge in [-0.25, -0.2) is 0 Å². The molecule has 0 saturated carbocycles. The van der Waals surface area contributed by atoms with Crippen LogP contribution in [0.3, 0.4) is 0 Å². The summed E-state index contributed by atoms with van der Waals surface area (Å²) in [7, 11) is 0. The van der Waals surface area contributed by atoms with Crippen molar-refractivity contribution in [3.05, 3.63) is 29.6 Å². The molecule has 0 N–H and O–H groups in total. The van der Waals surface area contributed by atoms with Crippen LogP contribution in [0.5, 0.6) is 0 Å². The van der Waals surface area contributed by atoms with Gasteiger partial charge >= 0.3 is 0 Å². The second kappa shape index (κ2) is 1.65. The molecular formula is C7H6N2. The first-order valence-corrected chi connectivity index (χ1v) is 2.90. The summed E-state index contributed by atoms with van der Waals surface area (Å²) in [6, 6.07) is 3.95. The Morgan fingerprint density at radius 1 is 1.44 bits per heavy atom. The number of aliphatic imine (C=N–C) groups is 1. The van der Waals surface area contributed by atoms with Gasteiger partial charge in [-0.05, 0) is 6.07 Å². The second-order valence-corrected chi connectivity index (χ2v) is 2.01. The molecule has 2 rings (SSSR count). The van der Waals surface area contributed by atoms with Gasteiger partial charge in [0.25, 0.3) is 0 Å². The Balaban J connectivity index is 2.63. The molecule has 0 radical (unpaired) electrons. The average molecular weight is 118 g/mol. The van der Waals surface area contributed by atoms with Gasteiger partial charge in [-0.2, -0.15) is 0 Å². The summed E-state index contributed by atoms with van der Waals surface area (Å²) in [6.07, 6.45) is 3.66. The Labute approximate surface area is 53.3 Å². The van der Waals surface area contributed by atoms with E-state index in [0.717, 1.165) is 17.8 Å². The zero-order valence-corrected chi connectivity index (χ0v) is 4.91. The summed E-state index contributed by atoms with van der Waals surface area (Å²) in [6.45, 7) is 0.760. The molecule has 1 aromatic rings. The predicted octanol–water partition coefficient (Wildman–Crippen LogP) is 1.01. The van der Waals surface area contributed by atoms with E-state index in [0.29, 0.717) is 0 Å². The lowest BCUT2D eigenvalue weighted by Gasteiger charge is -1.90. The Bertz CT molecular complexity index is 253. The predicted molar refractivity (Wildman–Crippen MR) is 35.5 cm³/mol. The second-order valence-electron chi connectivity index (χ2n) is 2.01. The number of aromatic nitrogens is 1. The zero-order valence-electron chi connectivity index (χ0n) is 4.91. The fourth-order valence-corrected chi connectivity index (χ4v) is 0.931. The number of hydrogen-bond acceptors (Lipinski definition) is 2. The molecule has 2 heteroatoms. The highest BCUT2D eigenvalue weighted by molar-refractivity contribution is 5.83. The molecule has 2 heterocycles. The summed E-state index contributed by atoms with van der Waals surface area (Å²) in [4.78, 5) is 8.20. The quantitative estimate of drug-likeness (QED) is 0.499. The van der Waals surface area contributed by atoms with Gasteiger partial charge in [-0.15, -0.1) is 0 Å². The first-order chi connectivity index (χ1) is 4.47. The molecule has 9 heavy (non-hydrogen) atoms. The molecule has 0 saturated heterocycles. The molecule has 0 aromatic carbocycles. The van der Waals surface area contributed by atoms with Crippen LogP contribution in [0, 0.1) is 0 Å². The topological polar surface area (TPSA) is 25.2 Å². The van der Waals surface area contributed by atoms with Crippen molar-refractivity contribution in [1.29, 1.82) is 0 Å². The van der Waals surface area contributed by atoms with Crippen molar-refractivity contribution < 1.29 is 0 Å². The van der Waals surface area contributed by atoms with Crippen molar-refractivity contribution in [2.75, 3.05) is 0 Å². The lowest BCUT2D eigenvalue weighted by atomic mass is 10.2. The van der Waals surface area contributed by atoms with E-state index < -0.39 is 0 Å². The highest BCUT2D eigenvalue weighted by Crippen LogP contribution is 2.08. The zero-order chi connectivity index (χ0) is 6.10. The monoisotopic (exact) mass is 118 g/mol. The van der Waals surface area contributed by atoms with E-state index in [1.54, 1.807) is 6.20 Å². The molecule has 0 amide bonds. The van der Waals surface area contributed by atoms with Gasteiger partial charge in [0.05, 0.1) is 12.2 Å². The maximum absolute atomic E-state index is 4.13. The standard InChI is InChI=1S/C7H6N2/c1-2-6-4-8-5-7(6)9-3-1/h1-4H,5H2. The number of fused-ring (bicyclic) bond motifs is 1. The van der Waals surface area contributed by atoms with Crippen molar-refractivity contribution in [2.45, 2.75) is 6.54 Å². The normalized spacial score (nSPS) is 13.8. The smallest absolute Gasteiger partial charge is 0.0818 e. The lowest BCUT2D eigenvalue weighted by Crippen LogP contribution is -1.85. The van der Waals surface area contributed by atoms with E-state index in [2.05, 4.69) is 9.98 Å². The number of pyridine rings is 1. The van der Waals surface area contributed by atoms with Crippen molar-refractivity contribution >= 4 is 6.21 Å². The van der Waals surface area contributed by atoms with Gasteiger partial charge < -0.3 is 0 Å². The molecule has 2 nitrogen and oxygen atoms in total. The van der Waals surface area contributed by atoms with Crippen LogP contribution in [0.2, 0.25) is 0 Å². The van der Waals surface area contributed by atoms with E-state index in [4.69, 9.17) is 0 Å². The molecule has 0 unspecified atom stereocenters. The van der Waals surface area contributed by atoms with Crippen LogP contribution in [-0.4, -0.2) is 11.2 Å². The highest BCUT2D eigenvalue weighted by atomic mass is 14.8. The highest BCUT2D eigenvalue weighted by Gasteiger charge is 2.03. The molecule has 0 aliphatic carbocycles. The van der Waals surface area contributed by atoms with Crippen LogP contribution >= 0.6 is 0 Å². The maximum atomic E-state index is 4.13. The van der Waals surface area contributed by atoms with Crippen molar-refractivity contribution in [3.63, 3.8) is 0 Å². The number of nitrogens with zero attached hydrogens (tertiary/aromatic N) is 2. The first-order valence-electron chi connectivity index (χ1n) is 2.90. The van der Waals surface area contributed by atoms with E-state index in [-0.39, 0.29) is 0 Å². The summed E-state index contributed by atoms with van der Waals surface area (Å²) < 4.78 is 0. The molecule has 1 aromatic heterocycles. The first kappa shape index (κ1) is 4.68. The fourth-order valence-electron chi connectivity index (χ4n) is 0.931. The molecular weight excluding hydrogens is 112 g/mol. The molecule has 0 spiro atoms. The van der Waals surface area contributed by atoms with Gasteiger partial charge in [0.2, 0.25) is 0 Å². The largest absolute Gasteiger partial charge is 0.286 e. The van der Waals surface area contributed by atoms with Crippen LogP contribution in [0.25, 0.3) is 0 Å². The van der Waals surface area contributed by atoms with Crippen molar-refractivity contribution in [2.24, 2.45) is 4.99 Å². The molecule has 44 valence electrons. The molecule has 0 bridgehead atoms.